The highest BCUT2D eigenvalue weighted by Crippen LogP contribution is 2.36. The Morgan fingerprint density at radius 3 is 2.68 bits per heavy atom. The van der Waals surface area contributed by atoms with Crippen LogP contribution in [0.2, 0.25) is 0 Å². The fourth-order valence-electron chi connectivity index (χ4n) is 4.11. The standard InChI is InChI=1S/C20H24N4O4/c1-13-17(14(2)28-23-13)19(26)24-9-6-20(7-10-24)11-15(12-27-20)22-18(25)16-5-3-4-8-21-16/h3-5,8,15H,6-7,9-12H2,1-2H3,(H,22,25). The van der Waals surface area contributed by atoms with Crippen molar-refractivity contribution in [3.05, 3.63) is 47.1 Å². The van der Waals surface area contributed by atoms with Gasteiger partial charge in [-0.3, -0.25) is 14.6 Å². The number of aromatic nitrogens is 2. The molecular formula is C20H24N4O4. The van der Waals surface area contributed by atoms with E-state index in [1.165, 1.54) is 0 Å². The largest absolute Gasteiger partial charge is 0.373 e. The summed E-state index contributed by atoms with van der Waals surface area (Å²) in [5, 5.41) is 6.88. The summed E-state index contributed by atoms with van der Waals surface area (Å²) in [7, 11) is 0. The molecule has 0 aliphatic carbocycles. The van der Waals surface area contributed by atoms with Gasteiger partial charge in [-0.25, -0.2) is 0 Å². The van der Waals surface area contributed by atoms with Crippen molar-refractivity contribution in [1.82, 2.24) is 20.4 Å². The maximum absolute atomic E-state index is 12.8. The molecule has 8 nitrogen and oxygen atoms in total. The highest BCUT2D eigenvalue weighted by molar-refractivity contribution is 5.96. The van der Waals surface area contributed by atoms with Crippen LogP contribution in [0.15, 0.2) is 28.9 Å². The lowest BCUT2D eigenvalue weighted by atomic mass is 9.87. The number of likely N-dealkylation sites (tertiary alicyclic amines) is 1. The monoisotopic (exact) mass is 384 g/mol. The number of hydrogen-bond acceptors (Lipinski definition) is 6. The van der Waals surface area contributed by atoms with Gasteiger partial charge in [0.05, 0.1) is 23.9 Å². The summed E-state index contributed by atoms with van der Waals surface area (Å²) in [6.07, 6.45) is 3.85. The summed E-state index contributed by atoms with van der Waals surface area (Å²) in [4.78, 5) is 31.0. The first kappa shape index (κ1) is 18.6. The molecule has 0 aromatic carbocycles. The summed E-state index contributed by atoms with van der Waals surface area (Å²) in [5.74, 6) is 0.332. The Labute approximate surface area is 163 Å². The minimum absolute atomic E-state index is 0.0379. The minimum atomic E-state index is -0.280. The van der Waals surface area contributed by atoms with Gasteiger partial charge in [-0.05, 0) is 45.2 Å². The molecule has 2 amide bonds. The topological polar surface area (TPSA) is 97.6 Å². The summed E-state index contributed by atoms with van der Waals surface area (Å²) in [6.45, 7) is 5.25. The first-order valence-corrected chi connectivity index (χ1v) is 9.55. The zero-order valence-electron chi connectivity index (χ0n) is 16.1. The van der Waals surface area contributed by atoms with Crippen molar-refractivity contribution >= 4 is 11.8 Å². The summed E-state index contributed by atoms with van der Waals surface area (Å²) in [5.41, 5.74) is 1.31. The van der Waals surface area contributed by atoms with Gasteiger partial charge in [0.2, 0.25) is 0 Å². The van der Waals surface area contributed by atoms with E-state index in [0.29, 0.717) is 42.4 Å². The zero-order chi connectivity index (χ0) is 19.7. The second kappa shape index (κ2) is 7.35. The quantitative estimate of drug-likeness (QED) is 0.868. The molecule has 2 saturated heterocycles. The lowest BCUT2D eigenvalue weighted by Crippen LogP contribution is -2.47. The average molecular weight is 384 g/mol. The third-order valence-electron chi connectivity index (χ3n) is 5.65. The Morgan fingerprint density at radius 2 is 2.04 bits per heavy atom. The Balaban J connectivity index is 1.34. The Kier molecular flexibility index (Phi) is 4.89. The van der Waals surface area contributed by atoms with Gasteiger partial charge in [0.1, 0.15) is 17.0 Å². The van der Waals surface area contributed by atoms with E-state index in [9.17, 15) is 9.59 Å². The molecule has 4 rings (SSSR count). The Bertz CT molecular complexity index is 852. The van der Waals surface area contributed by atoms with Crippen molar-refractivity contribution in [2.75, 3.05) is 19.7 Å². The molecular weight excluding hydrogens is 360 g/mol. The predicted octanol–water partition coefficient (Wildman–Crippen LogP) is 1.88. The number of carbonyl (C=O) groups excluding carboxylic acids is 2. The maximum Gasteiger partial charge on any atom is 0.270 e. The fourth-order valence-corrected chi connectivity index (χ4v) is 4.11. The smallest absolute Gasteiger partial charge is 0.270 e. The molecule has 2 fully saturated rings. The third kappa shape index (κ3) is 3.52. The van der Waals surface area contributed by atoms with Crippen LogP contribution in [-0.2, 0) is 4.74 Å². The maximum atomic E-state index is 12.8. The van der Waals surface area contributed by atoms with Gasteiger partial charge >= 0.3 is 0 Å². The molecule has 8 heteroatoms. The average Bonchev–Trinajstić information content (AvgIpc) is 3.25. The number of rotatable bonds is 3. The van der Waals surface area contributed by atoms with E-state index in [2.05, 4.69) is 15.5 Å². The lowest BCUT2D eigenvalue weighted by Gasteiger charge is -2.38. The van der Waals surface area contributed by atoms with Crippen LogP contribution in [0, 0.1) is 13.8 Å². The van der Waals surface area contributed by atoms with Gasteiger partial charge in [-0.1, -0.05) is 11.2 Å². The van der Waals surface area contributed by atoms with E-state index in [0.717, 1.165) is 19.3 Å². The number of piperidine rings is 1. The predicted molar refractivity (Wildman–Crippen MR) is 99.9 cm³/mol. The number of nitrogens with zero attached hydrogens (tertiary/aromatic N) is 3. The van der Waals surface area contributed by atoms with Crippen LogP contribution < -0.4 is 5.32 Å². The van der Waals surface area contributed by atoms with Gasteiger partial charge in [-0.15, -0.1) is 0 Å². The van der Waals surface area contributed by atoms with Gasteiger partial charge in [0.15, 0.2) is 0 Å². The normalized spacial score (nSPS) is 21.1. The molecule has 2 aromatic rings. The van der Waals surface area contributed by atoms with E-state index in [4.69, 9.17) is 9.26 Å². The molecule has 1 N–H and O–H groups in total. The molecule has 0 radical (unpaired) electrons. The van der Waals surface area contributed by atoms with Crippen molar-refractivity contribution < 1.29 is 18.8 Å². The van der Waals surface area contributed by atoms with Crippen LogP contribution >= 0.6 is 0 Å². The number of carbonyl (C=O) groups is 2. The van der Waals surface area contributed by atoms with Gasteiger partial charge in [-0.2, -0.15) is 0 Å². The third-order valence-corrected chi connectivity index (χ3v) is 5.65. The summed E-state index contributed by atoms with van der Waals surface area (Å²) >= 11 is 0. The summed E-state index contributed by atoms with van der Waals surface area (Å²) < 4.78 is 11.2. The van der Waals surface area contributed by atoms with Crippen LogP contribution in [0.25, 0.3) is 0 Å². The molecule has 4 heterocycles. The number of nitrogens with one attached hydrogen (secondary N) is 1. The highest BCUT2D eigenvalue weighted by Gasteiger charge is 2.44. The fraction of sp³-hybridized carbons (Fsp3) is 0.500. The summed E-state index contributed by atoms with van der Waals surface area (Å²) in [6, 6.07) is 5.22. The molecule has 1 atom stereocenters. The van der Waals surface area contributed by atoms with Gasteiger partial charge in [0.25, 0.3) is 11.8 Å². The second-order valence-corrected chi connectivity index (χ2v) is 7.57. The molecule has 1 unspecified atom stereocenters. The minimum Gasteiger partial charge on any atom is -0.373 e. The Morgan fingerprint density at radius 1 is 1.25 bits per heavy atom. The van der Waals surface area contributed by atoms with Crippen LogP contribution in [0.1, 0.15) is 51.6 Å². The molecule has 2 aromatic heterocycles. The Hall–Kier alpha value is -2.74. The van der Waals surface area contributed by atoms with Crippen molar-refractivity contribution in [1.29, 1.82) is 0 Å². The van der Waals surface area contributed by atoms with Crippen molar-refractivity contribution in [3.8, 4) is 0 Å². The number of pyridine rings is 1. The molecule has 148 valence electrons. The van der Waals surface area contributed by atoms with E-state index in [1.54, 1.807) is 38.2 Å². The first-order chi connectivity index (χ1) is 13.5. The van der Waals surface area contributed by atoms with Crippen LogP contribution in [-0.4, -0.2) is 58.2 Å². The number of amides is 2. The lowest BCUT2D eigenvalue weighted by molar-refractivity contribution is -0.0389. The molecule has 1 spiro atoms. The highest BCUT2D eigenvalue weighted by atomic mass is 16.5. The van der Waals surface area contributed by atoms with Crippen LogP contribution in [0.4, 0.5) is 0 Å². The van der Waals surface area contributed by atoms with Gasteiger partial charge < -0.3 is 19.5 Å². The van der Waals surface area contributed by atoms with E-state index in [1.807, 2.05) is 4.90 Å². The van der Waals surface area contributed by atoms with E-state index in [-0.39, 0.29) is 23.5 Å². The number of aryl methyl sites for hydroxylation is 2. The van der Waals surface area contributed by atoms with Crippen molar-refractivity contribution in [2.24, 2.45) is 0 Å². The van der Waals surface area contributed by atoms with E-state index >= 15 is 0 Å². The SMILES string of the molecule is Cc1noc(C)c1C(=O)N1CCC2(CC1)CC(NC(=O)c1ccccn1)CO2. The number of ether oxygens (including phenoxy) is 1. The van der Waals surface area contributed by atoms with Crippen molar-refractivity contribution in [2.45, 2.75) is 44.8 Å². The second-order valence-electron chi connectivity index (χ2n) is 7.57. The molecule has 0 saturated carbocycles. The van der Waals surface area contributed by atoms with Gasteiger partial charge in [0, 0.05) is 19.3 Å². The first-order valence-electron chi connectivity index (χ1n) is 9.55. The van der Waals surface area contributed by atoms with Crippen LogP contribution in [0.3, 0.4) is 0 Å². The number of hydrogen-bond donors (Lipinski definition) is 1. The molecule has 2 aliphatic rings. The molecule has 0 bridgehead atoms. The zero-order valence-corrected chi connectivity index (χ0v) is 16.1. The molecule has 28 heavy (non-hydrogen) atoms. The van der Waals surface area contributed by atoms with Crippen molar-refractivity contribution in [3.63, 3.8) is 0 Å². The molecule has 2 aliphatic heterocycles. The van der Waals surface area contributed by atoms with E-state index < -0.39 is 0 Å². The van der Waals surface area contributed by atoms with Crippen LogP contribution in [0.5, 0.6) is 0 Å².